The van der Waals surface area contributed by atoms with E-state index in [1.807, 2.05) is 12.1 Å². The van der Waals surface area contributed by atoms with Gasteiger partial charge in [0, 0.05) is 43.0 Å². The van der Waals surface area contributed by atoms with Crippen molar-refractivity contribution in [2.24, 2.45) is 0 Å². The summed E-state index contributed by atoms with van der Waals surface area (Å²) in [5, 5.41) is 10.1. The lowest BCUT2D eigenvalue weighted by molar-refractivity contribution is 0.128. The van der Waals surface area contributed by atoms with Crippen LogP contribution in [0.3, 0.4) is 0 Å². The molecule has 1 fully saturated rings. The van der Waals surface area contributed by atoms with Gasteiger partial charge < -0.3 is 14.7 Å². The molecule has 1 saturated heterocycles. The van der Waals surface area contributed by atoms with E-state index in [1.165, 1.54) is 0 Å². The van der Waals surface area contributed by atoms with Crippen LogP contribution >= 0.6 is 0 Å². The first-order chi connectivity index (χ1) is 9.84. The van der Waals surface area contributed by atoms with Crippen LogP contribution < -0.4 is 9.64 Å². The molecule has 0 bridgehead atoms. The zero-order chi connectivity index (χ0) is 15.6. The summed E-state index contributed by atoms with van der Waals surface area (Å²) in [5.41, 5.74) is 2.20. The molecule has 0 unspecified atom stereocenters. The molecule has 118 valence electrons. The van der Waals surface area contributed by atoms with Crippen LogP contribution in [0, 0.1) is 0 Å². The lowest BCUT2D eigenvalue weighted by Gasteiger charge is -2.43. The number of nitrogens with zero attached hydrogens (tertiary/aromatic N) is 2. The average Bonchev–Trinajstić information content (AvgIpc) is 2.45. The number of rotatable bonds is 3. The van der Waals surface area contributed by atoms with E-state index in [9.17, 15) is 5.11 Å². The Hall–Kier alpha value is -1.26. The second kappa shape index (κ2) is 6.24. The van der Waals surface area contributed by atoms with Crippen molar-refractivity contribution >= 4 is 5.69 Å². The van der Waals surface area contributed by atoms with Gasteiger partial charge in [-0.05, 0) is 39.8 Å². The number of anilines is 1. The SMILES string of the molecule is COc1cccc(N2CCN(C(C)(C)C)CC2)c1[C@@H](C)O. The standard InChI is InChI=1S/C17H28N2O2/c1-13(20)16-14(7-6-8-15(16)21-5)18-9-11-19(12-10-18)17(2,3)4/h6-8,13,20H,9-12H2,1-5H3/t13-/m1/s1. The molecule has 0 aliphatic carbocycles. The Morgan fingerprint density at radius 3 is 2.24 bits per heavy atom. The third kappa shape index (κ3) is 3.50. The molecule has 0 radical (unpaired) electrons. The van der Waals surface area contributed by atoms with Crippen molar-refractivity contribution in [1.82, 2.24) is 4.90 Å². The van der Waals surface area contributed by atoms with Crippen LogP contribution in [0.5, 0.6) is 5.75 Å². The summed E-state index contributed by atoms with van der Waals surface area (Å²) in [6.07, 6.45) is -0.531. The topological polar surface area (TPSA) is 35.9 Å². The summed E-state index contributed by atoms with van der Waals surface area (Å²) in [5.74, 6) is 0.765. The van der Waals surface area contributed by atoms with Gasteiger partial charge in [-0.25, -0.2) is 0 Å². The van der Waals surface area contributed by atoms with Gasteiger partial charge in [-0.1, -0.05) is 6.07 Å². The van der Waals surface area contributed by atoms with Gasteiger partial charge in [-0.15, -0.1) is 0 Å². The number of aliphatic hydroxyl groups is 1. The molecular formula is C17H28N2O2. The largest absolute Gasteiger partial charge is 0.496 e. The Morgan fingerprint density at radius 1 is 1.14 bits per heavy atom. The lowest BCUT2D eigenvalue weighted by Crippen LogP contribution is -2.53. The number of aliphatic hydroxyl groups excluding tert-OH is 1. The summed E-state index contributed by atoms with van der Waals surface area (Å²) in [4.78, 5) is 4.86. The van der Waals surface area contributed by atoms with E-state index in [-0.39, 0.29) is 5.54 Å². The Kier molecular flexibility index (Phi) is 4.79. The number of hydrogen-bond acceptors (Lipinski definition) is 4. The van der Waals surface area contributed by atoms with E-state index in [1.54, 1.807) is 14.0 Å². The maximum atomic E-state index is 10.1. The van der Waals surface area contributed by atoms with Gasteiger partial charge in [-0.2, -0.15) is 0 Å². The van der Waals surface area contributed by atoms with E-state index >= 15 is 0 Å². The Labute approximate surface area is 128 Å². The Bertz CT molecular complexity index is 472. The molecular weight excluding hydrogens is 264 g/mol. The van der Waals surface area contributed by atoms with Gasteiger partial charge in [0.15, 0.2) is 0 Å². The summed E-state index contributed by atoms with van der Waals surface area (Å²) >= 11 is 0. The molecule has 1 atom stereocenters. The molecule has 1 N–H and O–H groups in total. The van der Waals surface area contributed by atoms with Gasteiger partial charge >= 0.3 is 0 Å². The molecule has 1 aliphatic rings. The number of methoxy groups -OCH3 is 1. The van der Waals surface area contributed by atoms with Crippen LogP contribution in [0.25, 0.3) is 0 Å². The second-order valence-electron chi connectivity index (χ2n) is 6.71. The van der Waals surface area contributed by atoms with Gasteiger partial charge in [-0.3, -0.25) is 4.90 Å². The first-order valence-electron chi connectivity index (χ1n) is 7.69. The fourth-order valence-corrected chi connectivity index (χ4v) is 3.02. The first-order valence-corrected chi connectivity index (χ1v) is 7.69. The second-order valence-corrected chi connectivity index (χ2v) is 6.71. The normalized spacial score (nSPS) is 18.7. The highest BCUT2D eigenvalue weighted by atomic mass is 16.5. The quantitative estimate of drug-likeness (QED) is 0.929. The molecule has 1 aromatic rings. The molecule has 4 heteroatoms. The smallest absolute Gasteiger partial charge is 0.126 e. The molecule has 1 aromatic carbocycles. The van der Waals surface area contributed by atoms with Crippen LogP contribution in [0.2, 0.25) is 0 Å². The molecule has 2 rings (SSSR count). The molecule has 1 heterocycles. The first kappa shape index (κ1) is 16.1. The van der Waals surface area contributed by atoms with Gasteiger partial charge in [0.05, 0.1) is 13.2 Å². The van der Waals surface area contributed by atoms with Crippen LogP contribution in [0.4, 0.5) is 5.69 Å². The minimum atomic E-state index is -0.531. The van der Waals surface area contributed by atoms with Crippen LogP contribution in [-0.4, -0.2) is 48.8 Å². The minimum absolute atomic E-state index is 0.216. The van der Waals surface area contributed by atoms with Crippen LogP contribution in [-0.2, 0) is 0 Å². The van der Waals surface area contributed by atoms with E-state index in [2.05, 4.69) is 36.6 Å². The van der Waals surface area contributed by atoms with Gasteiger partial charge in [0.1, 0.15) is 5.75 Å². The van der Waals surface area contributed by atoms with E-state index in [4.69, 9.17) is 4.74 Å². The Morgan fingerprint density at radius 2 is 1.76 bits per heavy atom. The summed E-state index contributed by atoms with van der Waals surface area (Å²) in [7, 11) is 1.66. The minimum Gasteiger partial charge on any atom is -0.496 e. The van der Waals surface area contributed by atoms with Crippen LogP contribution in [0.15, 0.2) is 18.2 Å². The molecule has 21 heavy (non-hydrogen) atoms. The lowest BCUT2D eigenvalue weighted by atomic mass is 10.0. The van der Waals surface area contributed by atoms with Crippen molar-refractivity contribution in [3.05, 3.63) is 23.8 Å². The number of piperazine rings is 1. The van der Waals surface area contributed by atoms with E-state index < -0.39 is 6.10 Å². The summed E-state index contributed by atoms with van der Waals surface area (Å²) in [6, 6.07) is 5.99. The van der Waals surface area contributed by atoms with Crippen molar-refractivity contribution < 1.29 is 9.84 Å². The zero-order valence-electron chi connectivity index (χ0n) is 13.9. The monoisotopic (exact) mass is 292 g/mol. The Balaban J connectivity index is 2.21. The van der Waals surface area contributed by atoms with Crippen LogP contribution in [0.1, 0.15) is 39.4 Å². The number of hydrogen-bond donors (Lipinski definition) is 1. The highest BCUT2D eigenvalue weighted by Gasteiger charge is 2.27. The van der Waals surface area contributed by atoms with Gasteiger partial charge in [0.25, 0.3) is 0 Å². The molecule has 0 spiro atoms. The fourth-order valence-electron chi connectivity index (χ4n) is 3.02. The van der Waals surface area contributed by atoms with E-state index in [0.29, 0.717) is 0 Å². The van der Waals surface area contributed by atoms with Crippen molar-refractivity contribution in [2.75, 3.05) is 38.2 Å². The predicted octanol–water partition coefficient (Wildman–Crippen LogP) is 2.67. The highest BCUT2D eigenvalue weighted by Crippen LogP contribution is 2.35. The fraction of sp³-hybridized carbons (Fsp3) is 0.647. The maximum absolute atomic E-state index is 10.1. The van der Waals surface area contributed by atoms with Crippen molar-refractivity contribution in [3.8, 4) is 5.75 Å². The van der Waals surface area contributed by atoms with E-state index in [0.717, 1.165) is 43.2 Å². The third-order valence-corrected chi connectivity index (χ3v) is 4.25. The van der Waals surface area contributed by atoms with Crippen molar-refractivity contribution in [3.63, 3.8) is 0 Å². The average molecular weight is 292 g/mol. The maximum Gasteiger partial charge on any atom is 0.126 e. The van der Waals surface area contributed by atoms with Crippen molar-refractivity contribution in [1.29, 1.82) is 0 Å². The highest BCUT2D eigenvalue weighted by molar-refractivity contribution is 5.60. The third-order valence-electron chi connectivity index (χ3n) is 4.25. The molecule has 0 saturated carbocycles. The number of ether oxygens (including phenoxy) is 1. The zero-order valence-corrected chi connectivity index (χ0v) is 13.9. The van der Waals surface area contributed by atoms with Gasteiger partial charge in [0.2, 0.25) is 0 Å². The van der Waals surface area contributed by atoms with Crippen molar-refractivity contribution in [2.45, 2.75) is 39.3 Å². The summed E-state index contributed by atoms with van der Waals surface area (Å²) in [6.45, 7) is 12.6. The number of benzene rings is 1. The summed E-state index contributed by atoms with van der Waals surface area (Å²) < 4.78 is 5.42. The predicted molar refractivity (Wildman–Crippen MR) is 87.2 cm³/mol. The molecule has 0 amide bonds. The molecule has 4 nitrogen and oxygen atoms in total. The molecule has 0 aromatic heterocycles. The molecule has 1 aliphatic heterocycles.